The summed E-state index contributed by atoms with van der Waals surface area (Å²) in [6.45, 7) is -1.67. The highest BCUT2D eigenvalue weighted by Crippen LogP contribution is 2.61. The normalized spacial score (nSPS) is 37.2. The van der Waals surface area contributed by atoms with Crippen molar-refractivity contribution >= 4 is 39.8 Å². The molecule has 2 aliphatic rings. The molecule has 4 heterocycles. The average Bonchev–Trinajstić information content (AvgIpc) is 3.39. The van der Waals surface area contributed by atoms with Gasteiger partial charge in [-0.2, -0.15) is 0 Å². The first kappa shape index (κ1) is 29.4. The Balaban J connectivity index is 1.38. The molecule has 2 aliphatic heterocycles. The van der Waals surface area contributed by atoms with Crippen LogP contribution in [0.5, 0.6) is 0 Å². The van der Waals surface area contributed by atoms with Gasteiger partial charge in [0.2, 0.25) is 7.57 Å². The number of ether oxygens (including phenoxy) is 2. The van der Waals surface area contributed by atoms with E-state index >= 15 is 0 Å². The van der Waals surface area contributed by atoms with Crippen LogP contribution in [0, 0.1) is 0 Å². The van der Waals surface area contributed by atoms with Crippen LogP contribution < -0.4 is 5.73 Å². The molecular formula is C16H24BN5O14P2. The summed E-state index contributed by atoms with van der Waals surface area (Å²) >= 11 is 0. The average molecular weight is 583 g/mol. The second-order valence-corrected chi connectivity index (χ2v) is 11.5. The molecule has 2 aromatic heterocycles. The van der Waals surface area contributed by atoms with Crippen molar-refractivity contribution in [2.24, 2.45) is 0 Å². The summed E-state index contributed by atoms with van der Waals surface area (Å²) in [6, 6.07) is 0. The van der Waals surface area contributed by atoms with E-state index in [0.717, 1.165) is 6.33 Å². The zero-order valence-electron chi connectivity index (χ0n) is 19.1. The molecule has 0 bridgehead atoms. The first-order valence-electron chi connectivity index (χ1n) is 10.8. The summed E-state index contributed by atoms with van der Waals surface area (Å²) < 4.78 is 50.3. The van der Waals surface area contributed by atoms with Gasteiger partial charge in [-0.05, 0) is 0 Å². The first-order chi connectivity index (χ1) is 17.7. The van der Waals surface area contributed by atoms with E-state index in [9.17, 15) is 44.7 Å². The van der Waals surface area contributed by atoms with Crippen molar-refractivity contribution in [3.8, 4) is 0 Å². The van der Waals surface area contributed by atoms with E-state index in [1.54, 1.807) is 0 Å². The molecule has 2 saturated heterocycles. The number of hydrogen-bond acceptors (Lipinski definition) is 17. The summed E-state index contributed by atoms with van der Waals surface area (Å²) in [7, 11) is -5.04. The lowest BCUT2D eigenvalue weighted by Gasteiger charge is -2.39. The third-order valence-electron chi connectivity index (χ3n) is 5.72. The molecule has 9 N–H and O–H groups in total. The number of phosphoric ester groups is 1. The third kappa shape index (κ3) is 5.93. The molecule has 19 nitrogen and oxygen atoms in total. The summed E-state index contributed by atoms with van der Waals surface area (Å²) in [5.74, 6) is 0.0576. The molecule has 2 radical (unpaired) electrons. The van der Waals surface area contributed by atoms with Crippen molar-refractivity contribution in [2.45, 2.75) is 55.2 Å². The summed E-state index contributed by atoms with van der Waals surface area (Å²) in [6.07, 6.45) is -12.8. The van der Waals surface area contributed by atoms with Crippen LogP contribution in [0.3, 0.4) is 0 Å². The Kier molecular flexibility index (Phi) is 8.59. The number of phosphoric acid groups is 1. The minimum Gasteiger partial charge on any atom is -0.394 e. The number of nitrogens with zero attached hydrogens (tertiary/aromatic N) is 4. The zero-order chi connectivity index (χ0) is 28.0. The van der Waals surface area contributed by atoms with Crippen molar-refractivity contribution in [1.29, 1.82) is 0 Å². The SMILES string of the molecule is [B][P@@](=O)(OC[C@H]1O[C@@H](n2cnc3c(N)ncnc32)[C@@H](O)C1O)OP(=O)(O)O[C@@H]1OC(CO)[C@@H](O)[C@H](O)C1O. The van der Waals surface area contributed by atoms with Crippen LogP contribution in [0.25, 0.3) is 11.2 Å². The monoisotopic (exact) mass is 583 g/mol. The molecule has 0 saturated carbocycles. The number of rotatable bonds is 9. The lowest BCUT2D eigenvalue weighted by molar-refractivity contribution is -0.280. The van der Waals surface area contributed by atoms with Gasteiger partial charge in [0, 0.05) is 0 Å². The molecule has 0 aromatic carbocycles. The standard InChI is InChI=1S/C16H24BN5O14P2/c17-37(29,36-38(30,31)35-16-12(28)10(26)8(24)5(1-23)34-16)32-2-6-9(25)11(27)15(33-6)22-4-21-7-13(18)19-3-20-14(7)22/h3-6,8-12,15-16,23-28H,1-2H2,(H,30,31)(H2,18,19,20)/t5?,6-,8-,9?,10+,11+,12?,15-,16+,37-/m1/s1. The van der Waals surface area contributed by atoms with E-state index in [0.29, 0.717) is 0 Å². The van der Waals surface area contributed by atoms with E-state index in [-0.39, 0.29) is 17.0 Å². The maximum atomic E-state index is 12.5. The number of nitrogens with two attached hydrogens (primary N) is 1. The molecule has 0 amide bonds. The van der Waals surface area contributed by atoms with Crippen LogP contribution in [0.15, 0.2) is 12.7 Å². The summed E-state index contributed by atoms with van der Waals surface area (Å²) in [5, 5.41) is 59.4. The van der Waals surface area contributed by atoms with Crippen molar-refractivity contribution in [2.75, 3.05) is 18.9 Å². The Morgan fingerprint density at radius 3 is 2.37 bits per heavy atom. The molecule has 2 fully saturated rings. The Labute approximate surface area is 214 Å². The fourth-order valence-corrected chi connectivity index (χ4v) is 6.09. The molecule has 0 spiro atoms. The third-order valence-corrected chi connectivity index (χ3v) is 8.44. The lowest BCUT2D eigenvalue weighted by atomic mass is 10.00. The molecular weight excluding hydrogens is 559 g/mol. The number of anilines is 1. The lowest BCUT2D eigenvalue weighted by Crippen LogP contribution is -2.58. The van der Waals surface area contributed by atoms with Crippen molar-refractivity contribution < 1.29 is 67.5 Å². The van der Waals surface area contributed by atoms with E-state index in [2.05, 4.69) is 23.8 Å². The minimum absolute atomic E-state index is 0.0576. The van der Waals surface area contributed by atoms with E-state index < -0.39 is 83.8 Å². The second kappa shape index (κ2) is 11.1. The maximum absolute atomic E-state index is 12.5. The molecule has 0 aliphatic carbocycles. The molecule has 4 rings (SSSR count). The summed E-state index contributed by atoms with van der Waals surface area (Å²) in [4.78, 5) is 21.8. The number of aliphatic hydroxyl groups is 6. The van der Waals surface area contributed by atoms with Gasteiger partial charge in [0.05, 0.1) is 19.5 Å². The van der Waals surface area contributed by atoms with Gasteiger partial charge in [-0.15, -0.1) is 0 Å². The fraction of sp³-hybridized carbons (Fsp3) is 0.688. The van der Waals surface area contributed by atoms with Crippen LogP contribution in [-0.4, -0.2) is 125 Å². The van der Waals surface area contributed by atoms with Gasteiger partial charge in [0.15, 0.2) is 24.0 Å². The number of nitrogen functional groups attached to an aromatic ring is 1. The second-order valence-electron chi connectivity index (χ2n) is 8.32. The number of aliphatic hydroxyl groups excluding tert-OH is 6. The highest BCUT2D eigenvalue weighted by Gasteiger charge is 2.49. The highest BCUT2D eigenvalue weighted by molar-refractivity contribution is 7.83. The Bertz CT molecular complexity index is 1240. The van der Waals surface area contributed by atoms with E-state index in [1.165, 1.54) is 10.9 Å². The van der Waals surface area contributed by atoms with Crippen LogP contribution >= 0.6 is 15.3 Å². The number of hydrogen-bond donors (Lipinski definition) is 8. The predicted octanol–water partition coefficient (Wildman–Crippen LogP) is -3.75. The van der Waals surface area contributed by atoms with Crippen molar-refractivity contribution in [3.05, 3.63) is 12.7 Å². The molecule has 38 heavy (non-hydrogen) atoms. The topological polar surface area (TPSA) is 292 Å². The molecule has 2 aromatic rings. The van der Waals surface area contributed by atoms with Crippen molar-refractivity contribution in [1.82, 2.24) is 19.5 Å². The van der Waals surface area contributed by atoms with E-state index in [1.807, 2.05) is 0 Å². The minimum atomic E-state index is -5.44. The summed E-state index contributed by atoms with van der Waals surface area (Å²) in [5.41, 5.74) is 6.11. The van der Waals surface area contributed by atoms with Crippen LogP contribution in [0.2, 0.25) is 0 Å². The molecule has 22 heteroatoms. The fourth-order valence-electron chi connectivity index (χ4n) is 3.80. The maximum Gasteiger partial charge on any atom is 0.481 e. The number of fused-ring (bicyclic) bond motifs is 1. The van der Waals surface area contributed by atoms with Gasteiger partial charge in [-0.1, -0.05) is 0 Å². The van der Waals surface area contributed by atoms with Crippen LogP contribution in [-0.2, 0) is 32.0 Å². The Morgan fingerprint density at radius 1 is 1.00 bits per heavy atom. The van der Waals surface area contributed by atoms with Gasteiger partial charge in [0.25, 0.3) is 7.47 Å². The first-order valence-corrected chi connectivity index (χ1v) is 13.9. The molecule has 11 atom stereocenters. The highest BCUT2D eigenvalue weighted by atomic mass is 31.3. The smallest absolute Gasteiger partial charge is 0.394 e. The largest absolute Gasteiger partial charge is 0.481 e. The van der Waals surface area contributed by atoms with Gasteiger partial charge in [0.1, 0.15) is 54.6 Å². The van der Waals surface area contributed by atoms with Gasteiger partial charge < -0.3 is 55.3 Å². The number of aromatic nitrogens is 4. The molecule has 210 valence electrons. The van der Waals surface area contributed by atoms with Crippen molar-refractivity contribution in [3.63, 3.8) is 0 Å². The van der Waals surface area contributed by atoms with Gasteiger partial charge >= 0.3 is 7.82 Å². The van der Waals surface area contributed by atoms with Gasteiger partial charge in [-0.25, -0.2) is 23.8 Å². The zero-order valence-corrected chi connectivity index (χ0v) is 20.9. The van der Waals surface area contributed by atoms with Crippen LogP contribution in [0.4, 0.5) is 5.82 Å². The van der Waals surface area contributed by atoms with Crippen LogP contribution in [0.1, 0.15) is 6.23 Å². The predicted molar refractivity (Wildman–Crippen MR) is 121 cm³/mol. The van der Waals surface area contributed by atoms with E-state index in [4.69, 9.17) is 27.3 Å². The quantitative estimate of drug-likeness (QED) is 0.104. The molecule has 4 unspecified atom stereocenters. The number of imidazole rings is 1. The Hall–Kier alpha value is -1.61. The Morgan fingerprint density at radius 2 is 1.68 bits per heavy atom. The van der Waals surface area contributed by atoms with Gasteiger partial charge in [-0.3, -0.25) is 13.7 Å².